The Hall–Kier alpha value is -2.15. The monoisotopic (exact) mass is 263 g/mol. The van der Waals surface area contributed by atoms with Crippen molar-refractivity contribution < 1.29 is 9.53 Å². The van der Waals surface area contributed by atoms with Crippen molar-refractivity contribution in [2.75, 3.05) is 26.0 Å². The molecule has 0 radical (unpaired) electrons. The van der Waals surface area contributed by atoms with Crippen molar-refractivity contribution in [3.05, 3.63) is 17.8 Å². The highest BCUT2D eigenvalue weighted by atomic mass is 16.5. The lowest BCUT2D eigenvalue weighted by molar-refractivity contribution is -0.121. The Labute approximate surface area is 110 Å². The topological polar surface area (TPSA) is 95.1 Å². The molecule has 0 spiro atoms. The third-order valence-corrected chi connectivity index (χ3v) is 2.69. The van der Waals surface area contributed by atoms with Gasteiger partial charge in [-0.1, -0.05) is 0 Å². The number of carbonyl (C=O) groups excluding carboxylic acids is 1. The number of nitrogens with one attached hydrogen (secondary N) is 1. The van der Waals surface area contributed by atoms with Gasteiger partial charge in [-0.2, -0.15) is 0 Å². The maximum absolute atomic E-state index is 11.8. The normalized spacial score (nSPS) is 10.8. The first-order chi connectivity index (χ1) is 9.11. The molecule has 7 nitrogen and oxygen atoms in total. The van der Waals surface area contributed by atoms with Crippen molar-refractivity contribution in [2.24, 2.45) is 0 Å². The standard InChI is InChI=1S/C12H17N5O2/c1-8-3-4-9-11(15-8)17(12(13)16-9)7-10(18)14-5-6-19-2/h3-4H,5-7H2,1-2H3,(H2,13,16)(H,14,18). The fourth-order valence-corrected chi connectivity index (χ4v) is 1.76. The molecule has 2 aromatic heterocycles. The number of hydrogen-bond donors (Lipinski definition) is 2. The lowest BCUT2D eigenvalue weighted by atomic mass is 10.3. The van der Waals surface area contributed by atoms with Gasteiger partial charge in [-0.05, 0) is 19.1 Å². The van der Waals surface area contributed by atoms with Crippen LogP contribution in [0.4, 0.5) is 5.95 Å². The molecule has 0 unspecified atom stereocenters. The number of hydrogen-bond acceptors (Lipinski definition) is 5. The van der Waals surface area contributed by atoms with E-state index in [0.29, 0.717) is 24.3 Å². The second-order valence-corrected chi connectivity index (χ2v) is 4.19. The van der Waals surface area contributed by atoms with Crippen LogP contribution >= 0.6 is 0 Å². The van der Waals surface area contributed by atoms with Gasteiger partial charge in [-0.3, -0.25) is 9.36 Å². The van der Waals surface area contributed by atoms with Gasteiger partial charge in [0.05, 0.1) is 6.61 Å². The third kappa shape index (κ3) is 3.00. The SMILES string of the molecule is COCCNC(=O)Cn1c(N)nc2ccc(C)nc21. The molecule has 2 rings (SSSR count). The summed E-state index contributed by atoms with van der Waals surface area (Å²) >= 11 is 0. The van der Waals surface area contributed by atoms with Gasteiger partial charge in [0.25, 0.3) is 0 Å². The van der Waals surface area contributed by atoms with Gasteiger partial charge in [0, 0.05) is 19.3 Å². The van der Waals surface area contributed by atoms with E-state index >= 15 is 0 Å². The number of methoxy groups -OCH3 is 1. The molecule has 0 atom stereocenters. The Morgan fingerprint density at radius 1 is 1.47 bits per heavy atom. The summed E-state index contributed by atoms with van der Waals surface area (Å²) in [5.41, 5.74) is 7.98. The summed E-state index contributed by atoms with van der Waals surface area (Å²) in [7, 11) is 1.58. The minimum absolute atomic E-state index is 0.0997. The lowest BCUT2D eigenvalue weighted by Crippen LogP contribution is -2.30. The van der Waals surface area contributed by atoms with Gasteiger partial charge in [0.15, 0.2) is 5.65 Å². The van der Waals surface area contributed by atoms with Crippen LogP contribution in [0.2, 0.25) is 0 Å². The number of aromatic nitrogens is 3. The van der Waals surface area contributed by atoms with E-state index < -0.39 is 0 Å². The van der Waals surface area contributed by atoms with E-state index in [2.05, 4.69) is 15.3 Å². The highest BCUT2D eigenvalue weighted by Crippen LogP contribution is 2.15. The summed E-state index contributed by atoms with van der Waals surface area (Å²) in [6.07, 6.45) is 0. The van der Waals surface area contributed by atoms with Crippen LogP contribution in [-0.2, 0) is 16.1 Å². The molecule has 0 aliphatic rings. The van der Waals surface area contributed by atoms with E-state index in [1.807, 2.05) is 19.1 Å². The number of anilines is 1. The number of nitrogen functional groups attached to an aromatic ring is 1. The molecule has 3 N–H and O–H groups in total. The molecular weight excluding hydrogens is 246 g/mol. The molecule has 0 aliphatic heterocycles. The molecule has 0 bridgehead atoms. The highest BCUT2D eigenvalue weighted by Gasteiger charge is 2.12. The smallest absolute Gasteiger partial charge is 0.240 e. The molecule has 1 amide bonds. The predicted octanol–water partition coefficient (Wildman–Crippen LogP) is 0.0845. The molecule has 0 aliphatic carbocycles. The fraction of sp³-hybridized carbons (Fsp3) is 0.417. The summed E-state index contributed by atoms with van der Waals surface area (Å²) in [6.45, 7) is 2.92. The first-order valence-corrected chi connectivity index (χ1v) is 5.97. The summed E-state index contributed by atoms with van der Waals surface area (Å²) < 4.78 is 6.47. The zero-order chi connectivity index (χ0) is 13.8. The zero-order valence-corrected chi connectivity index (χ0v) is 11.0. The number of pyridine rings is 1. The van der Waals surface area contributed by atoms with Crippen LogP contribution < -0.4 is 11.1 Å². The van der Waals surface area contributed by atoms with E-state index in [1.54, 1.807) is 11.7 Å². The van der Waals surface area contributed by atoms with Crippen LogP contribution in [-0.4, -0.2) is 40.7 Å². The Morgan fingerprint density at radius 2 is 2.26 bits per heavy atom. The summed E-state index contributed by atoms with van der Waals surface area (Å²) in [4.78, 5) is 20.3. The number of amides is 1. The van der Waals surface area contributed by atoms with Gasteiger partial charge >= 0.3 is 0 Å². The van der Waals surface area contributed by atoms with Crippen molar-refractivity contribution in [2.45, 2.75) is 13.5 Å². The first-order valence-electron chi connectivity index (χ1n) is 5.97. The average Bonchev–Trinajstić information content (AvgIpc) is 2.66. The van der Waals surface area contributed by atoms with Crippen LogP contribution in [0, 0.1) is 6.92 Å². The second-order valence-electron chi connectivity index (χ2n) is 4.19. The minimum Gasteiger partial charge on any atom is -0.383 e. The molecule has 0 aromatic carbocycles. The molecule has 0 saturated heterocycles. The molecule has 0 fully saturated rings. The number of aryl methyl sites for hydroxylation is 1. The number of imidazole rings is 1. The van der Waals surface area contributed by atoms with Crippen molar-refractivity contribution >= 4 is 23.0 Å². The molecular formula is C12H17N5O2. The minimum atomic E-state index is -0.147. The maximum atomic E-state index is 11.8. The van der Waals surface area contributed by atoms with Crippen molar-refractivity contribution in [1.82, 2.24) is 19.9 Å². The van der Waals surface area contributed by atoms with E-state index in [4.69, 9.17) is 10.5 Å². The highest BCUT2D eigenvalue weighted by molar-refractivity contribution is 5.80. The Balaban J connectivity index is 2.17. The van der Waals surface area contributed by atoms with Gasteiger partial charge in [0.1, 0.15) is 12.1 Å². The fourth-order valence-electron chi connectivity index (χ4n) is 1.76. The van der Waals surface area contributed by atoms with Crippen molar-refractivity contribution in [3.8, 4) is 0 Å². The van der Waals surface area contributed by atoms with Crippen LogP contribution in [0.1, 0.15) is 5.69 Å². The number of nitrogens with zero attached hydrogens (tertiary/aromatic N) is 3. The number of fused-ring (bicyclic) bond motifs is 1. The van der Waals surface area contributed by atoms with Gasteiger partial charge in [-0.25, -0.2) is 9.97 Å². The molecule has 19 heavy (non-hydrogen) atoms. The van der Waals surface area contributed by atoms with Crippen LogP contribution in [0.3, 0.4) is 0 Å². The second kappa shape index (κ2) is 5.66. The quantitative estimate of drug-likeness (QED) is 0.745. The summed E-state index contributed by atoms with van der Waals surface area (Å²) in [6, 6.07) is 3.70. The van der Waals surface area contributed by atoms with Crippen molar-refractivity contribution in [3.63, 3.8) is 0 Å². The van der Waals surface area contributed by atoms with E-state index in [9.17, 15) is 4.79 Å². The van der Waals surface area contributed by atoms with E-state index in [0.717, 1.165) is 5.69 Å². The van der Waals surface area contributed by atoms with Crippen molar-refractivity contribution in [1.29, 1.82) is 0 Å². The average molecular weight is 263 g/mol. The summed E-state index contributed by atoms with van der Waals surface area (Å²) in [5.74, 6) is 0.140. The summed E-state index contributed by atoms with van der Waals surface area (Å²) in [5, 5.41) is 2.73. The third-order valence-electron chi connectivity index (χ3n) is 2.69. The molecule has 2 heterocycles. The zero-order valence-electron chi connectivity index (χ0n) is 11.0. The maximum Gasteiger partial charge on any atom is 0.240 e. The number of ether oxygens (including phenoxy) is 1. The Bertz CT molecular complexity index is 593. The lowest BCUT2D eigenvalue weighted by Gasteiger charge is -2.07. The van der Waals surface area contributed by atoms with Crippen LogP contribution in [0.15, 0.2) is 12.1 Å². The first kappa shape index (κ1) is 13.3. The van der Waals surface area contributed by atoms with Gasteiger partial charge in [0.2, 0.25) is 11.9 Å². The number of rotatable bonds is 5. The van der Waals surface area contributed by atoms with Crippen LogP contribution in [0.5, 0.6) is 0 Å². The molecule has 2 aromatic rings. The Morgan fingerprint density at radius 3 is 3.00 bits per heavy atom. The number of carbonyl (C=O) groups is 1. The van der Waals surface area contributed by atoms with E-state index in [-0.39, 0.29) is 18.4 Å². The van der Waals surface area contributed by atoms with Crippen LogP contribution in [0.25, 0.3) is 11.2 Å². The number of nitrogens with two attached hydrogens (primary N) is 1. The molecule has 0 saturated carbocycles. The molecule has 102 valence electrons. The van der Waals surface area contributed by atoms with Gasteiger partial charge < -0.3 is 15.8 Å². The largest absolute Gasteiger partial charge is 0.383 e. The van der Waals surface area contributed by atoms with E-state index in [1.165, 1.54) is 0 Å². The predicted molar refractivity (Wildman–Crippen MR) is 71.6 cm³/mol. The molecule has 7 heteroatoms. The Kier molecular flexibility index (Phi) is 3.96. The van der Waals surface area contributed by atoms with Gasteiger partial charge in [-0.15, -0.1) is 0 Å².